The van der Waals surface area contributed by atoms with E-state index in [0.29, 0.717) is 22.5 Å². The number of carbonyl (C=O) groups excluding carboxylic acids is 1. The summed E-state index contributed by atoms with van der Waals surface area (Å²) in [5.74, 6) is 0.267. The van der Waals surface area contributed by atoms with Gasteiger partial charge >= 0.3 is 5.97 Å². The second-order valence-electron chi connectivity index (χ2n) is 5.19. The average Bonchev–Trinajstić information content (AvgIpc) is 2.42. The van der Waals surface area contributed by atoms with Crippen molar-refractivity contribution in [3.63, 3.8) is 0 Å². The third kappa shape index (κ3) is 3.41. The molecule has 0 aromatic heterocycles. The van der Waals surface area contributed by atoms with E-state index in [9.17, 15) is 4.79 Å². The molecule has 1 aliphatic rings. The van der Waals surface area contributed by atoms with Gasteiger partial charge in [0.25, 0.3) is 0 Å². The third-order valence-corrected chi connectivity index (χ3v) is 4.07. The van der Waals surface area contributed by atoms with Gasteiger partial charge in [0.15, 0.2) is 0 Å². The molecule has 0 heterocycles. The van der Waals surface area contributed by atoms with E-state index in [1.807, 2.05) is 6.07 Å². The number of anilines is 1. The van der Waals surface area contributed by atoms with Gasteiger partial charge in [0.2, 0.25) is 0 Å². The van der Waals surface area contributed by atoms with Gasteiger partial charge in [0.1, 0.15) is 0 Å². The fourth-order valence-corrected chi connectivity index (χ4v) is 2.82. The van der Waals surface area contributed by atoms with Crippen molar-refractivity contribution >= 4 is 23.3 Å². The smallest absolute Gasteiger partial charge is 0.340 e. The van der Waals surface area contributed by atoms with Crippen LogP contribution >= 0.6 is 11.6 Å². The van der Waals surface area contributed by atoms with Gasteiger partial charge in [-0.05, 0) is 37.0 Å². The molecule has 0 saturated heterocycles. The van der Waals surface area contributed by atoms with Crippen LogP contribution in [0, 0.1) is 5.92 Å². The Morgan fingerprint density at radius 3 is 2.79 bits per heavy atom. The van der Waals surface area contributed by atoms with E-state index in [1.54, 1.807) is 12.1 Å². The maximum absolute atomic E-state index is 11.8. The summed E-state index contributed by atoms with van der Waals surface area (Å²) in [6.07, 6.45) is 4.91. The van der Waals surface area contributed by atoms with Crippen molar-refractivity contribution in [2.24, 2.45) is 5.92 Å². The summed E-state index contributed by atoms with van der Waals surface area (Å²) in [6, 6.07) is 5.72. The molecule has 2 rings (SSSR count). The van der Waals surface area contributed by atoms with Crippen LogP contribution in [0.4, 0.5) is 5.69 Å². The van der Waals surface area contributed by atoms with E-state index < -0.39 is 0 Å². The number of nitrogens with one attached hydrogen (secondary N) is 1. The van der Waals surface area contributed by atoms with Gasteiger partial charge < -0.3 is 10.1 Å². The monoisotopic (exact) mass is 281 g/mol. The van der Waals surface area contributed by atoms with Gasteiger partial charge in [-0.2, -0.15) is 0 Å². The predicted octanol–water partition coefficient (Wildman–Crippen LogP) is 4.12. The van der Waals surface area contributed by atoms with Crippen LogP contribution in [0.2, 0.25) is 5.02 Å². The van der Waals surface area contributed by atoms with Crippen LogP contribution in [-0.2, 0) is 4.74 Å². The molecule has 0 radical (unpaired) electrons. The van der Waals surface area contributed by atoms with Crippen LogP contribution in [0.1, 0.15) is 43.0 Å². The lowest BCUT2D eigenvalue weighted by atomic mass is 9.85. The maximum atomic E-state index is 11.8. The molecule has 19 heavy (non-hydrogen) atoms. The lowest BCUT2D eigenvalue weighted by Crippen LogP contribution is -2.31. The highest BCUT2D eigenvalue weighted by molar-refractivity contribution is 6.31. The zero-order valence-corrected chi connectivity index (χ0v) is 12.2. The second kappa shape index (κ2) is 6.29. The van der Waals surface area contributed by atoms with E-state index in [4.69, 9.17) is 16.3 Å². The molecule has 2 atom stereocenters. The van der Waals surface area contributed by atoms with Crippen LogP contribution in [0.3, 0.4) is 0 Å². The highest BCUT2D eigenvalue weighted by Crippen LogP contribution is 2.29. The molecule has 1 aromatic carbocycles. The largest absolute Gasteiger partial charge is 0.465 e. The summed E-state index contributed by atoms with van der Waals surface area (Å²) in [4.78, 5) is 11.8. The molecule has 1 N–H and O–H groups in total. The second-order valence-corrected chi connectivity index (χ2v) is 5.63. The highest BCUT2D eigenvalue weighted by Gasteiger charge is 2.23. The standard InChI is InChI=1S/C15H20ClNO2/c1-10-5-3-4-6-13(10)17-14-8-7-11(16)9-12(14)15(18)19-2/h7-10,13,17H,3-6H2,1-2H3. The number of rotatable bonds is 3. The van der Waals surface area contributed by atoms with Crippen LogP contribution in [0.5, 0.6) is 0 Å². The molecular formula is C15H20ClNO2. The average molecular weight is 282 g/mol. The van der Waals surface area contributed by atoms with E-state index in [1.165, 1.54) is 26.4 Å². The Kier molecular flexibility index (Phi) is 4.70. The SMILES string of the molecule is COC(=O)c1cc(Cl)ccc1NC1CCCCC1C. The third-order valence-electron chi connectivity index (χ3n) is 3.84. The Balaban J connectivity index is 2.21. The van der Waals surface area contributed by atoms with Crippen molar-refractivity contribution in [3.05, 3.63) is 28.8 Å². The molecule has 4 heteroatoms. The molecule has 104 valence electrons. The molecule has 1 fully saturated rings. The van der Waals surface area contributed by atoms with E-state index in [-0.39, 0.29) is 5.97 Å². The first-order valence-electron chi connectivity index (χ1n) is 6.76. The van der Waals surface area contributed by atoms with Gasteiger partial charge in [0, 0.05) is 16.8 Å². The van der Waals surface area contributed by atoms with Crippen molar-refractivity contribution < 1.29 is 9.53 Å². The summed E-state index contributed by atoms with van der Waals surface area (Å²) in [6.45, 7) is 2.25. The highest BCUT2D eigenvalue weighted by atomic mass is 35.5. The number of hydrogen-bond donors (Lipinski definition) is 1. The first-order chi connectivity index (χ1) is 9.11. The minimum Gasteiger partial charge on any atom is -0.465 e. The van der Waals surface area contributed by atoms with Crippen LogP contribution in [0.25, 0.3) is 0 Å². The molecular weight excluding hydrogens is 262 g/mol. The summed E-state index contributed by atoms with van der Waals surface area (Å²) in [5.41, 5.74) is 1.32. The van der Waals surface area contributed by atoms with E-state index >= 15 is 0 Å². The van der Waals surface area contributed by atoms with Crippen LogP contribution < -0.4 is 5.32 Å². The fraction of sp³-hybridized carbons (Fsp3) is 0.533. The summed E-state index contributed by atoms with van der Waals surface area (Å²) >= 11 is 5.95. The predicted molar refractivity (Wildman–Crippen MR) is 77.8 cm³/mol. The molecule has 0 spiro atoms. The maximum Gasteiger partial charge on any atom is 0.340 e. The Bertz CT molecular complexity index is 461. The molecule has 0 aliphatic heterocycles. The first-order valence-corrected chi connectivity index (χ1v) is 7.14. The van der Waals surface area contributed by atoms with Crippen LogP contribution in [0.15, 0.2) is 18.2 Å². The fourth-order valence-electron chi connectivity index (χ4n) is 2.65. The molecule has 0 amide bonds. The minimum absolute atomic E-state index is 0.353. The number of benzene rings is 1. The van der Waals surface area contributed by atoms with E-state index in [0.717, 1.165) is 12.1 Å². The Hall–Kier alpha value is -1.22. The normalized spacial score (nSPS) is 22.9. The van der Waals surface area contributed by atoms with Gasteiger partial charge in [-0.15, -0.1) is 0 Å². The number of halogens is 1. The Morgan fingerprint density at radius 2 is 2.11 bits per heavy atom. The number of esters is 1. The molecule has 2 unspecified atom stereocenters. The quantitative estimate of drug-likeness (QED) is 0.847. The van der Waals surface area contributed by atoms with Gasteiger partial charge in [-0.25, -0.2) is 4.79 Å². The molecule has 1 aromatic rings. The topological polar surface area (TPSA) is 38.3 Å². The van der Waals surface area contributed by atoms with Crippen molar-refractivity contribution in [3.8, 4) is 0 Å². The number of ether oxygens (including phenoxy) is 1. The Labute approximate surface area is 119 Å². The van der Waals surface area contributed by atoms with E-state index in [2.05, 4.69) is 12.2 Å². The molecule has 3 nitrogen and oxygen atoms in total. The summed E-state index contributed by atoms with van der Waals surface area (Å²) in [7, 11) is 1.39. The van der Waals surface area contributed by atoms with Gasteiger partial charge in [-0.3, -0.25) is 0 Å². The molecule has 1 saturated carbocycles. The minimum atomic E-state index is -0.353. The number of hydrogen-bond acceptors (Lipinski definition) is 3. The van der Waals surface area contributed by atoms with Crippen molar-refractivity contribution in [2.45, 2.75) is 38.6 Å². The van der Waals surface area contributed by atoms with Gasteiger partial charge in [0.05, 0.1) is 12.7 Å². The lowest BCUT2D eigenvalue weighted by molar-refractivity contribution is 0.0601. The van der Waals surface area contributed by atoms with Crippen molar-refractivity contribution in [1.29, 1.82) is 0 Å². The zero-order valence-electron chi connectivity index (χ0n) is 11.4. The summed E-state index contributed by atoms with van der Waals surface area (Å²) < 4.78 is 4.81. The molecule has 1 aliphatic carbocycles. The molecule has 0 bridgehead atoms. The zero-order chi connectivity index (χ0) is 13.8. The number of methoxy groups -OCH3 is 1. The van der Waals surface area contributed by atoms with Crippen LogP contribution in [-0.4, -0.2) is 19.1 Å². The van der Waals surface area contributed by atoms with Crippen molar-refractivity contribution in [1.82, 2.24) is 0 Å². The van der Waals surface area contributed by atoms with Gasteiger partial charge in [-0.1, -0.05) is 31.4 Å². The van der Waals surface area contributed by atoms with Crippen molar-refractivity contribution in [2.75, 3.05) is 12.4 Å². The number of carbonyl (C=O) groups is 1. The summed E-state index contributed by atoms with van der Waals surface area (Å²) in [5, 5.41) is 4.03. The first kappa shape index (κ1) is 14.2. The Morgan fingerprint density at radius 1 is 1.37 bits per heavy atom. The lowest BCUT2D eigenvalue weighted by Gasteiger charge is -2.31.